The molecular weight excluding hydrogens is 288 g/mol. The van der Waals surface area contributed by atoms with Crippen LogP contribution in [0.25, 0.3) is 0 Å². The van der Waals surface area contributed by atoms with Crippen LogP contribution >= 0.6 is 11.6 Å². The summed E-state index contributed by atoms with van der Waals surface area (Å²) in [5.74, 6) is 0.745. The highest BCUT2D eigenvalue weighted by atomic mass is 35.5. The van der Waals surface area contributed by atoms with Crippen LogP contribution in [0.1, 0.15) is 18.4 Å². The Morgan fingerprint density at radius 1 is 1.50 bits per heavy atom. The van der Waals surface area contributed by atoms with E-state index in [-0.39, 0.29) is 5.75 Å². The van der Waals surface area contributed by atoms with Gasteiger partial charge in [0.2, 0.25) is 0 Å². The Kier molecular flexibility index (Phi) is 5.00. The van der Waals surface area contributed by atoms with Crippen molar-refractivity contribution in [3.63, 3.8) is 0 Å². The first kappa shape index (κ1) is 14.8. The number of benzene rings is 1. The molecule has 20 heavy (non-hydrogen) atoms. The second kappa shape index (κ2) is 6.74. The Balaban J connectivity index is 2.00. The summed E-state index contributed by atoms with van der Waals surface area (Å²) in [7, 11) is 1.66. The van der Waals surface area contributed by atoms with Crippen molar-refractivity contribution in [3.8, 4) is 5.75 Å². The van der Waals surface area contributed by atoms with Gasteiger partial charge in [-0.05, 0) is 31.0 Å². The van der Waals surface area contributed by atoms with Crippen molar-refractivity contribution < 1.29 is 13.5 Å². The van der Waals surface area contributed by atoms with Crippen molar-refractivity contribution in [2.45, 2.75) is 32.0 Å². The predicted octanol–water partition coefficient (Wildman–Crippen LogP) is 2.77. The van der Waals surface area contributed by atoms with E-state index in [2.05, 4.69) is 20.4 Å². The molecule has 2 N–H and O–H groups in total. The van der Waals surface area contributed by atoms with Gasteiger partial charge in [0.15, 0.2) is 5.96 Å². The highest BCUT2D eigenvalue weighted by molar-refractivity contribution is 6.30. The topological polar surface area (TPSA) is 45.7 Å². The van der Waals surface area contributed by atoms with E-state index in [9.17, 15) is 8.78 Å². The largest absolute Gasteiger partial charge is 0.434 e. The maximum Gasteiger partial charge on any atom is 0.387 e. The van der Waals surface area contributed by atoms with E-state index >= 15 is 0 Å². The van der Waals surface area contributed by atoms with E-state index in [0.29, 0.717) is 29.1 Å². The quantitative estimate of drug-likeness (QED) is 0.649. The molecule has 7 heteroatoms. The molecule has 4 nitrogen and oxygen atoms in total. The average Bonchev–Trinajstić information content (AvgIpc) is 3.20. The zero-order chi connectivity index (χ0) is 14.5. The number of rotatable bonds is 5. The Hall–Kier alpha value is -1.56. The third kappa shape index (κ3) is 4.52. The van der Waals surface area contributed by atoms with Crippen LogP contribution in [0.4, 0.5) is 8.78 Å². The molecule has 0 aliphatic heterocycles. The second-order valence-corrected chi connectivity index (χ2v) is 4.91. The van der Waals surface area contributed by atoms with E-state index in [1.54, 1.807) is 13.1 Å². The molecule has 1 saturated carbocycles. The van der Waals surface area contributed by atoms with Gasteiger partial charge < -0.3 is 15.4 Å². The molecule has 0 radical (unpaired) electrons. The van der Waals surface area contributed by atoms with Gasteiger partial charge in [-0.25, -0.2) is 0 Å². The lowest BCUT2D eigenvalue weighted by Crippen LogP contribution is -2.38. The molecule has 0 bridgehead atoms. The van der Waals surface area contributed by atoms with E-state index in [0.717, 1.165) is 12.8 Å². The Morgan fingerprint density at radius 2 is 2.25 bits per heavy atom. The lowest BCUT2D eigenvalue weighted by Gasteiger charge is -2.14. The minimum Gasteiger partial charge on any atom is -0.434 e. The van der Waals surface area contributed by atoms with Gasteiger partial charge in [0.1, 0.15) is 5.75 Å². The Labute approximate surface area is 121 Å². The number of nitrogens with one attached hydrogen (secondary N) is 2. The number of ether oxygens (including phenoxy) is 1. The standard InChI is InChI=1S/C13H16ClF2N3O/c1-17-13(19-10-3-4-10)18-7-8-6-9(14)2-5-11(8)20-12(15)16/h2,5-6,10,12H,3-4,7H2,1H3,(H2,17,18,19). The number of guanidine groups is 1. The summed E-state index contributed by atoms with van der Waals surface area (Å²) in [4.78, 5) is 4.07. The minimum absolute atomic E-state index is 0.110. The van der Waals surface area contributed by atoms with Crippen LogP contribution in [0.5, 0.6) is 5.75 Å². The molecule has 0 spiro atoms. The fourth-order valence-corrected chi connectivity index (χ4v) is 1.89. The lowest BCUT2D eigenvalue weighted by atomic mass is 10.2. The molecule has 110 valence electrons. The van der Waals surface area contributed by atoms with Crippen LogP contribution in [0.3, 0.4) is 0 Å². The van der Waals surface area contributed by atoms with Gasteiger partial charge in [-0.15, -0.1) is 0 Å². The van der Waals surface area contributed by atoms with Crippen LogP contribution in [0, 0.1) is 0 Å². The summed E-state index contributed by atoms with van der Waals surface area (Å²) in [6.45, 7) is -2.56. The number of alkyl halides is 2. The fraction of sp³-hybridized carbons (Fsp3) is 0.462. The molecule has 0 heterocycles. The Bertz CT molecular complexity index is 493. The van der Waals surface area contributed by atoms with E-state index < -0.39 is 6.61 Å². The van der Waals surface area contributed by atoms with Crippen LogP contribution in [0.2, 0.25) is 5.02 Å². The van der Waals surface area contributed by atoms with E-state index in [1.165, 1.54) is 12.1 Å². The monoisotopic (exact) mass is 303 g/mol. The molecule has 0 atom stereocenters. The summed E-state index contributed by atoms with van der Waals surface area (Å²) in [6.07, 6.45) is 2.25. The van der Waals surface area contributed by atoms with Crippen LogP contribution in [-0.4, -0.2) is 25.7 Å². The molecular formula is C13H16ClF2N3O. The van der Waals surface area contributed by atoms with Gasteiger partial charge in [-0.1, -0.05) is 11.6 Å². The first-order valence-corrected chi connectivity index (χ1v) is 6.66. The highest BCUT2D eigenvalue weighted by Crippen LogP contribution is 2.24. The summed E-state index contributed by atoms with van der Waals surface area (Å²) in [5.41, 5.74) is 0.552. The zero-order valence-corrected chi connectivity index (χ0v) is 11.8. The minimum atomic E-state index is -2.86. The molecule has 1 aromatic carbocycles. The van der Waals surface area contributed by atoms with Crippen molar-refractivity contribution in [1.29, 1.82) is 0 Å². The van der Waals surface area contributed by atoms with E-state index in [1.807, 2.05) is 0 Å². The van der Waals surface area contributed by atoms with Crippen molar-refractivity contribution in [3.05, 3.63) is 28.8 Å². The smallest absolute Gasteiger partial charge is 0.387 e. The van der Waals surface area contributed by atoms with Gasteiger partial charge in [0, 0.05) is 30.2 Å². The first-order chi connectivity index (χ1) is 9.58. The number of nitrogens with zero attached hydrogens (tertiary/aromatic N) is 1. The zero-order valence-electron chi connectivity index (χ0n) is 11.0. The number of halogens is 3. The molecule has 0 aromatic heterocycles. The lowest BCUT2D eigenvalue weighted by molar-refractivity contribution is -0.0504. The fourth-order valence-electron chi connectivity index (χ4n) is 1.69. The SMILES string of the molecule is CN=C(NCc1cc(Cl)ccc1OC(F)F)NC1CC1. The maximum absolute atomic E-state index is 12.3. The second-order valence-electron chi connectivity index (χ2n) is 4.47. The summed E-state index contributed by atoms with van der Waals surface area (Å²) in [6, 6.07) is 5.00. The molecule has 2 rings (SSSR count). The summed E-state index contributed by atoms with van der Waals surface area (Å²) < 4.78 is 29.1. The number of aliphatic imine (C=N–C) groups is 1. The molecule has 1 aromatic rings. The van der Waals surface area contributed by atoms with Crippen molar-refractivity contribution >= 4 is 17.6 Å². The van der Waals surface area contributed by atoms with E-state index in [4.69, 9.17) is 11.6 Å². The predicted molar refractivity (Wildman–Crippen MR) is 74.4 cm³/mol. The third-order valence-electron chi connectivity index (χ3n) is 2.83. The molecule has 1 aliphatic carbocycles. The molecule has 0 saturated heterocycles. The first-order valence-electron chi connectivity index (χ1n) is 6.29. The average molecular weight is 304 g/mol. The molecule has 0 amide bonds. The van der Waals surface area contributed by atoms with Crippen molar-refractivity contribution in [2.75, 3.05) is 7.05 Å². The summed E-state index contributed by atoms with van der Waals surface area (Å²) in [5, 5.41) is 6.72. The van der Waals surface area contributed by atoms with Crippen molar-refractivity contribution in [2.24, 2.45) is 4.99 Å². The van der Waals surface area contributed by atoms with Crippen LogP contribution in [0.15, 0.2) is 23.2 Å². The maximum atomic E-state index is 12.3. The van der Waals surface area contributed by atoms with Crippen molar-refractivity contribution in [1.82, 2.24) is 10.6 Å². The molecule has 1 fully saturated rings. The van der Waals surface area contributed by atoms with Gasteiger partial charge in [-0.3, -0.25) is 4.99 Å². The normalized spacial score (nSPS) is 15.3. The Morgan fingerprint density at radius 3 is 2.85 bits per heavy atom. The van der Waals surface area contributed by atoms with Gasteiger partial charge in [0.05, 0.1) is 0 Å². The highest BCUT2D eigenvalue weighted by Gasteiger charge is 2.22. The summed E-state index contributed by atoms with van der Waals surface area (Å²) >= 11 is 5.88. The van der Waals surface area contributed by atoms with Gasteiger partial charge in [0.25, 0.3) is 0 Å². The number of hydrogen-bond acceptors (Lipinski definition) is 2. The van der Waals surface area contributed by atoms with Gasteiger partial charge >= 0.3 is 6.61 Å². The number of hydrogen-bond donors (Lipinski definition) is 2. The van der Waals surface area contributed by atoms with Crippen LogP contribution in [-0.2, 0) is 6.54 Å². The third-order valence-corrected chi connectivity index (χ3v) is 3.06. The molecule has 0 unspecified atom stereocenters. The molecule has 1 aliphatic rings. The van der Waals surface area contributed by atoms with Crippen LogP contribution < -0.4 is 15.4 Å². The van der Waals surface area contributed by atoms with Gasteiger partial charge in [-0.2, -0.15) is 8.78 Å².